The van der Waals surface area contributed by atoms with E-state index >= 15 is 0 Å². The van der Waals surface area contributed by atoms with Gasteiger partial charge in [-0.25, -0.2) is 0 Å². The Labute approximate surface area is 346 Å². The van der Waals surface area contributed by atoms with Crippen molar-refractivity contribution in [1.29, 1.82) is 0 Å². The number of rotatable bonds is 14. The van der Waals surface area contributed by atoms with Crippen molar-refractivity contribution in [3.8, 4) is 0 Å². The van der Waals surface area contributed by atoms with Crippen molar-refractivity contribution in [2.24, 2.45) is 0 Å². The highest BCUT2D eigenvalue weighted by molar-refractivity contribution is 5.73. The predicted molar refractivity (Wildman–Crippen MR) is 188 cm³/mol. The van der Waals surface area contributed by atoms with Crippen molar-refractivity contribution in [3.63, 3.8) is 0 Å². The van der Waals surface area contributed by atoms with E-state index in [0.717, 1.165) is 13.8 Å². The molecular formula is C34H58N2O25. The molecule has 0 bridgehead atoms. The molecule has 27 nitrogen and oxygen atoms in total. The van der Waals surface area contributed by atoms with Gasteiger partial charge in [-0.3, -0.25) is 9.59 Å². The minimum absolute atomic E-state index is 0.681. The monoisotopic (exact) mass is 894 g/mol. The van der Waals surface area contributed by atoms with Gasteiger partial charge in [-0.2, -0.15) is 0 Å². The first-order valence-corrected chi connectivity index (χ1v) is 19.4. The lowest BCUT2D eigenvalue weighted by atomic mass is 9.94. The molecule has 5 saturated heterocycles. The van der Waals surface area contributed by atoms with Gasteiger partial charge in [0, 0.05) is 13.8 Å². The largest absolute Gasteiger partial charge is 0.394 e. The van der Waals surface area contributed by atoms with Crippen molar-refractivity contribution in [2.75, 3.05) is 26.4 Å². The number of hydrogen-bond donors (Lipinski definition) is 16. The van der Waals surface area contributed by atoms with Crippen LogP contribution >= 0.6 is 0 Å². The molecule has 0 radical (unpaired) electrons. The summed E-state index contributed by atoms with van der Waals surface area (Å²) in [6.07, 6.45) is -40.3. The molecule has 0 aromatic heterocycles. The second-order valence-electron chi connectivity index (χ2n) is 15.4. The molecule has 5 rings (SSSR count). The smallest absolute Gasteiger partial charge is 0.217 e. The van der Waals surface area contributed by atoms with Gasteiger partial charge in [-0.15, -0.1) is 0 Å². The third-order valence-corrected chi connectivity index (χ3v) is 11.1. The number of hydrogen-bond acceptors (Lipinski definition) is 25. The Morgan fingerprint density at radius 1 is 0.459 bits per heavy atom. The Balaban J connectivity index is 1.37. The maximum absolute atomic E-state index is 12.5. The normalized spacial score (nSPS) is 49.6. The summed E-state index contributed by atoms with van der Waals surface area (Å²) in [6, 6.07) is -3.25. The van der Waals surface area contributed by atoms with Crippen LogP contribution in [-0.2, 0) is 52.2 Å². The lowest BCUT2D eigenvalue weighted by molar-refractivity contribution is -0.380. The van der Waals surface area contributed by atoms with Gasteiger partial charge in [0.2, 0.25) is 11.8 Å². The van der Waals surface area contributed by atoms with Crippen LogP contribution in [0.15, 0.2) is 0 Å². The van der Waals surface area contributed by atoms with Gasteiger partial charge in [0.1, 0.15) is 116 Å². The summed E-state index contributed by atoms with van der Waals surface area (Å²) in [5, 5.41) is 153. The highest BCUT2D eigenvalue weighted by Crippen LogP contribution is 2.35. The van der Waals surface area contributed by atoms with Crippen LogP contribution in [0.25, 0.3) is 0 Å². The van der Waals surface area contributed by atoms with Gasteiger partial charge in [0.05, 0.1) is 32.5 Å². The van der Waals surface area contributed by atoms with Crippen LogP contribution in [0.5, 0.6) is 0 Å². The standard InChI is InChI=1S/C34H58N2O25/c1-8-17(42)22(47)24(49)32(54-8)53-7-14-28(20(45)15(30(52)55-14)35-9(2)40)59-31-16(36-10(3)41)21(46)27(13(6-39)58-31)60-34-26(51)29(19(44)12(5-38)57-34)61-33-25(50)23(48)18(43)11(4-37)56-33/h8,11-34,37-39,42-52H,4-7H2,1-3H3,(H,35,40)(H,36,41)/t8-,11-,12-,13-,14-,15-,16-,17+,18-,19-,20-,21-,22+,23+,24-,25+,26+,27-,28-,29+,30-,31+,32+,33-,34+/m1/s1. The predicted octanol–water partition coefficient (Wildman–Crippen LogP) is -10.6. The molecule has 5 fully saturated rings. The second-order valence-corrected chi connectivity index (χ2v) is 15.4. The van der Waals surface area contributed by atoms with E-state index in [1.54, 1.807) is 0 Å². The fraction of sp³-hybridized carbons (Fsp3) is 0.941. The molecule has 25 atom stereocenters. The average molecular weight is 895 g/mol. The summed E-state index contributed by atoms with van der Waals surface area (Å²) < 4.78 is 51.0. The van der Waals surface area contributed by atoms with Crippen molar-refractivity contribution < 1.29 is 124 Å². The molecule has 354 valence electrons. The Hall–Kier alpha value is -1.98. The Kier molecular flexibility index (Phi) is 17.5. The van der Waals surface area contributed by atoms with E-state index in [4.69, 9.17) is 42.6 Å². The molecule has 0 aromatic rings. The zero-order chi connectivity index (χ0) is 45.2. The summed E-state index contributed by atoms with van der Waals surface area (Å²) >= 11 is 0. The molecule has 0 spiro atoms. The Morgan fingerprint density at radius 2 is 0.918 bits per heavy atom. The van der Waals surface area contributed by atoms with Crippen molar-refractivity contribution in [3.05, 3.63) is 0 Å². The Morgan fingerprint density at radius 3 is 1.51 bits per heavy atom. The van der Waals surface area contributed by atoms with Crippen molar-refractivity contribution in [1.82, 2.24) is 10.6 Å². The van der Waals surface area contributed by atoms with Crippen LogP contribution in [0.2, 0.25) is 0 Å². The lowest BCUT2D eigenvalue weighted by Gasteiger charge is -2.50. The maximum atomic E-state index is 12.5. The minimum Gasteiger partial charge on any atom is -0.394 e. The van der Waals surface area contributed by atoms with Gasteiger partial charge < -0.3 is 125 Å². The summed E-state index contributed by atoms with van der Waals surface area (Å²) in [4.78, 5) is 24.5. The number of aliphatic hydroxyl groups is 14. The van der Waals surface area contributed by atoms with Crippen LogP contribution in [0, 0.1) is 0 Å². The van der Waals surface area contributed by atoms with Gasteiger partial charge in [-0.1, -0.05) is 0 Å². The van der Waals surface area contributed by atoms with Gasteiger partial charge >= 0.3 is 0 Å². The van der Waals surface area contributed by atoms with E-state index in [2.05, 4.69) is 10.6 Å². The molecule has 0 aliphatic carbocycles. The van der Waals surface area contributed by atoms with Crippen molar-refractivity contribution in [2.45, 2.75) is 174 Å². The first-order valence-electron chi connectivity index (χ1n) is 19.4. The molecule has 0 aromatic carbocycles. The van der Waals surface area contributed by atoms with E-state index in [0.29, 0.717) is 0 Å². The van der Waals surface area contributed by atoms with E-state index in [1.807, 2.05) is 0 Å². The molecule has 5 aliphatic heterocycles. The molecule has 16 N–H and O–H groups in total. The number of carbonyl (C=O) groups is 2. The quantitative estimate of drug-likeness (QED) is 0.0770. The van der Waals surface area contributed by atoms with E-state index in [9.17, 15) is 81.1 Å². The molecule has 5 aliphatic rings. The first-order chi connectivity index (χ1) is 28.7. The highest BCUT2D eigenvalue weighted by atomic mass is 16.8. The summed E-state index contributed by atoms with van der Waals surface area (Å²) in [6.45, 7) is 0.0652. The molecule has 5 heterocycles. The highest BCUT2D eigenvalue weighted by Gasteiger charge is 2.56. The zero-order valence-corrected chi connectivity index (χ0v) is 33.0. The lowest BCUT2D eigenvalue weighted by Crippen LogP contribution is -2.70. The summed E-state index contributed by atoms with van der Waals surface area (Å²) in [5.41, 5.74) is 0. The molecular weight excluding hydrogens is 836 g/mol. The molecule has 0 saturated carbocycles. The van der Waals surface area contributed by atoms with Crippen LogP contribution in [0.1, 0.15) is 20.8 Å². The van der Waals surface area contributed by atoms with E-state index in [1.165, 1.54) is 6.92 Å². The number of nitrogens with one attached hydrogen (secondary N) is 2. The number of aliphatic hydroxyl groups excluding tert-OH is 14. The van der Waals surface area contributed by atoms with E-state index < -0.39 is 192 Å². The summed E-state index contributed by atoms with van der Waals surface area (Å²) in [7, 11) is 0. The van der Waals surface area contributed by atoms with Crippen LogP contribution in [0.3, 0.4) is 0 Å². The first kappa shape index (κ1) is 50.0. The molecule has 61 heavy (non-hydrogen) atoms. The third kappa shape index (κ3) is 10.9. The van der Waals surface area contributed by atoms with Gasteiger partial charge in [-0.05, 0) is 6.92 Å². The van der Waals surface area contributed by atoms with Crippen molar-refractivity contribution >= 4 is 11.8 Å². The minimum atomic E-state index is -2.09. The molecule has 2 amide bonds. The number of amides is 2. The van der Waals surface area contributed by atoms with Crippen LogP contribution in [-0.4, -0.2) is 263 Å². The maximum Gasteiger partial charge on any atom is 0.217 e. The van der Waals surface area contributed by atoms with Gasteiger partial charge in [0.25, 0.3) is 0 Å². The van der Waals surface area contributed by atoms with Gasteiger partial charge in [0.15, 0.2) is 31.5 Å². The third-order valence-electron chi connectivity index (χ3n) is 11.1. The Bertz CT molecular complexity index is 1420. The average Bonchev–Trinajstić information content (AvgIpc) is 3.21. The fourth-order valence-electron chi connectivity index (χ4n) is 7.68. The summed E-state index contributed by atoms with van der Waals surface area (Å²) in [5.74, 6) is -1.51. The molecule has 0 unspecified atom stereocenters. The second kappa shape index (κ2) is 21.3. The van der Waals surface area contributed by atoms with Crippen LogP contribution in [0.4, 0.5) is 0 Å². The van der Waals surface area contributed by atoms with Crippen LogP contribution < -0.4 is 10.6 Å². The number of ether oxygens (including phenoxy) is 9. The fourth-order valence-corrected chi connectivity index (χ4v) is 7.68. The molecule has 27 heteroatoms. The SMILES string of the molecule is CC(=O)N[C@@H]1[C@@H](O)[C@H](O[C@@H]2O[C@H](CO)[C@@H](O[C@@H]3O[C@H](CO)[C@@H](O)[C@H](O[C@H]4O[C@H](CO)[C@@H](O)[C@H](O)[C@@H]4O)[C@@H]3O)[C@H](O)[C@H]2NC(C)=O)[C@@H](CO[C@H]2O[C@H](C)[C@H](O)[C@H](O)[C@H]2O)O[C@H]1O. The van der Waals surface area contributed by atoms with E-state index in [-0.39, 0.29) is 0 Å². The zero-order valence-electron chi connectivity index (χ0n) is 33.0. The number of carbonyl (C=O) groups excluding carboxylic acids is 2. The topological polar surface area (TPSA) is 424 Å².